The first kappa shape index (κ1) is 20.4. The molecule has 1 aliphatic carbocycles. The molecule has 1 amide bonds. The van der Waals surface area contributed by atoms with Crippen LogP contribution in [0.15, 0.2) is 34.2 Å². The molecule has 1 heterocycles. The highest BCUT2D eigenvalue weighted by molar-refractivity contribution is 7.99. The van der Waals surface area contributed by atoms with Crippen LogP contribution in [0, 0.1) is 5.92 Å². The molecule has 3 rings (SSSR count). The van der Waals surface area contributed by atoms with Crippen molar-refractivity contribution in [1.29, 1.82) is 0 Å². The number of esters is 1. The van der Waals surface area contributed by atoms with E-state index in [1.165, 1.54) is 18.9 Å². The molecule has 1 saturated carbocycles. The van der Waals surface area contributed by atoms with Gasteiger partial charge in [-0.25, -0.2) is 9.78 Å². The van der Waals surface area contributed by atoms with Gasteiger partial charge in [0.25, 0.3) is 5.56 Å². The fourth-order valence-corrected chi connectivity index (χ4v) is 3.90. The van der Waals surface area contributed by atoms with Gasteiger partial charge in [-0.1, -0.05) is 44.2 Å². The first-order valence-electron chi connectivity index (χ1n) is 9.47. The topological polar surface area (TPSA) is 90.3 Å². The molecule has 0 spiro atoms. The van der Waals surface area contributed by atoms with E-state index in [9.17, 15) is 14.4 Å². The number of hydrogen-bond acceptors (Lipinski definition) is 6. The van der Waals surface area contributed by atoms with E-state index in [0.29, 0.717) is 16.1 Å². The molecule has 0 aliphatic heterocycles. The first-order valence-corrected chi connectivity index (χ1v) is 10.5. The van der Waals surface area contributed by atoms with E-state index in [2.05, 4.69) is 10.3 Å². The maximum absolute atomic E-state index is 12.9. The Hall–Kier alpha value is -2.35. The molecule has 8 heteroatoms. The number of para-hydroxylation sites is 1. The van der Waals surface area contributed by atoms with Crippen molar-refractivity contribution in [2.75, 3.05) is 12.9 Å². The number of rotatable bonds is 8. The summed E-state index contributed by atoms with van der Waals surface area (Å²) in [6.45, 7) is 3.85. The monoisotopic (exact) mass is 403 g/mol. The van der Waals surface area contributed by atoms with Crippen LogP contribution in [0.2, 0.25) is 0 Å². The number of carbonyl (C=O) groups is 2. The summed E-state index contributed by atoms with van der Waals surface area (Å²) in [4.78, 5) is 41.9. The van der Waals surface area contributed by atoms with Gasteiger partial charge in [0.15, 0.2) is 5.16 Å². The van der Waals surface area contributed by atoms with Gasteiger partial charge >= 0.3 is 5.97 Å². The van der Waals surface area contributed by atoms with Crippen LogP contribution in [-0.2, 0) is 14.3 Å². The summed E-state index contributed by atoms with van der Waals surface area (Å²) in [6, 6.07) is 6.71. The Morgan fingerprint density at radius 2 is 2.07 bits per heavy atom. The van der Waals surface area contributed by atoms with Crippen molar-refractivity contribution in [3.8, 4) is 0 Å². The minimum absolute atomic E-state index is 0.0372. The number of nitrogens with one attached hydrogen (secondary N) is 1. The fraction of sp³-hybridized carbons (Fsp3) is 0.500. The number of thioether (sulfide) groups is 1. The number of ether oxygens (including phenoxy) is 1. The molecule has 1 aromatic heterocycles. The summed E-state index contributed by atoms with van der Waals surface area (Å²) in [5.74, 6) is -0.705. The highest BCUT2D eigenvalue weighted by atomic mass is 32.2. The smallest absolute Gasteiger partial charge is 0.328 e. The number of nitrogens with zero attached hydrogens (tertiary/aromatic N) is 2. The number of fused-ring (bicyclic) bond motifs is 1. The Labute approximate surface area is 167 Å². The molecule has 0 saturated heterocycles. The van der Waals surface area contributed by atoms with Crippen molar-refractivity contribution in [2.45, 2.75) is 50.4 Å². The van der Waals surface area contributed by atoms with Gasteiger partial charge in [0, 0.05) is 6.04 Å². The van der Waals surface area contributed by atoms with E-state index in [1.807, 2.05) is 26.0 Å². The van der Waals surface area contributed by atoms with Crippen molar-refractivity contribution >= 4 is 34.5 Å². The molecule has 1 fully saturated rings. The van der Waals surface area contributed by atoms with E-state index in [0.717, 1.165) is 19.3 Å². The second-order valence-electron chi connectivity index (χ2n) is 7.06. The van der Waals surface area contributed by atoms with Gasteiger partial charge in [-0.3, -0.25) is 14.2 Å². The highest BCUT2D eigenvalue weighted by Crippen LogP contribution is 2.36. The molecular formula is C20H25N3O4S. The number of hydrogen-bond donors (Lipinski definition) is 1. The van der Waals surface area contributed by atoms with Gasteiger partial charge in [-0.2, -0.15) is 0 Å². The average molecular weight is 404 g/mol. The summed E-state index contributed by atoms with van der Waals surface area (Å²) in [5.41, 5.74) is 0.558. The Kier molecular flexibility index (Phi) is 6.39. The fourth-order valence-electron chi connectivity index (χ4n) is 3.02. The lowest BCUT2D eigenvalue weighted by Gasteiger charge is -2.21. The van der Waals surface area contributed by atoms with Gasteiger partial charge < -0.3 is 10.1 Å². The summed E-state index contributed by atoms with van der Waals surface area (Å²) in [7, 11) is 1.31. The summed E-state index contributed by atoms with van der Waals surface area (Å²) in [6.07, 6.45) is 2.62. The van der Waals surface area contributed by atoms with E-state index in [1.54, 1.807) is 16.7 Å². The molecule has 0 unspecified atom stereocenters. The van der Waals surface area contributed by atoms with Crippen molar-refractivity contribution in [3.05, 3.63) is 34.6 Å². The van der Waals surface area contributed by atoms with E-state index in [4.69, 9.17) is 4.74 Å². The highest BCUT2D eigenvalue weighted by Gasteiger charge is 2.30. The third-order valence-corrected chi connectivity index (χ3v) is 5.96. The molecular weight excluding hydrogens is 378 g/mol. The maximum atomic E-state index is 12.9. The SMILES string of the molecule is CC[C@@H](C)[C@H](NC(=O)CSc1nc2ccccc2c(=O)n1C1CC1)C(=O)OC. The van der Waals surface area contributed by atoms with Crippen LogP contribution in [0.3, 0.4) is 0 Å². The number of amides is 1. The molecule has 1 N–H and O–H groups in total. The summed E-state index contributed by atoms with van der Waals surface area (Å²) in [5, 5.41) is 3.89. The molecule has 0 bridgehead atoms. The summed E-state index contributed by atoms with van der Waals surface area (Å²) < 4.78 is 6.50. The molecule has 2 atom stereocenters. The normalized spacial score (nSPS) is 15.8. The Morgan fingerprint density at radius 3 is 2.71 bits per heavy atom. The van der Waals surface area contributed by atoms with E-state index >= 15 is 0 Å². The largest absolute Gasteiger partial charge is 0.467 e. The number of methoxy groups -OCH3 is 1. The van der Waals surface area contributed by atoms with Crippen LogP contribution < -0.4 is 10.9 Å². The van der Waals surface area contributed by atoms with Gasteiger partial charge in [-0.15, -0.1) is 0 Å². The zero-order valence-corrected chi connectivity index (χ0v) is 17.1. The predicted octanol–water partition coefficient (Wildman–Crippen LogP) is 2.53. The summed E-state index contributed by atoms with van der Waals surface area (Å²) >= 11 is 1.22. The maximum Gasteiger partial charge on any atom is 0.328 e. The zero-order valence-electron chi connectivity index (χ0n) is 16.3. The Balaban J connectivity index is 1.77. The minimum Gasteiger partial charge on any atom is -0.467 e. The second-order valence-corrected chi connectivity index (χ2v) is 8.00. The molecule has 150 valence electrons. The lowest BCUT2D eigenvalue weighted by molar-refractivity contribution is -0.146. The molecule has 28 heavy (non-hydrogen) atoms. The minimum atomic E-state index is -0.682. The van der Waals surface area contributed by atoms with Crippen molar-refractivity contribution in [1.82, 2.24) is 14.9 Å². The van der Waals surface area contributed by atoms with Crippen molar-refractivity contribution < 1.29 is 14.3 Å². The molecule has 1 aromatic carbocycles. The predicted molar refractivity (Wildman–Crippen MR) is 108 cm³/mol. The third kappa shape index (κ3) is 4.38. The second kappa shape index (κ2) is 8.77. The third-order valence-electron chi connectivity index (χ3n) is 5.00. The quantitative estimate of drug-likeness (QED) is 0.414. The molecule has 2 aromatic rings. The Morgan fingerprint density at radius 1 is 1.36 bits per heavy atom. The number of benzene rings is 1. The van der Waals surface area contributed by atoms with Crippen molar-refractivity contribution in [2.24, 2.45) is 5.92 Å². The van der Waals surface area contributed by atoms with Gasteiger partial charge in [0.05, 0.1) is 23.8 Å². The van der Waals surface area contributed by atoms with Crippen LogP contribution >= 0.6 is 11.8 Å². The van der Waals surface area contributed by atoms with Gasteiger partial charge in [0.2, 0.25) is 5.91 Å². The number of aromatic nitrogens is 2. The standard InChI is InChI=1S/C20H25N3O4S/c1-4-12(2)17(19(26)27-3)22-16(24)11-28-20-21-15-8-6-5-7-14(15)18(25)23(20)13-9-10-13/h5-8,12-13,17H,4,9-11H2,1-3H3,(H,22,24)/t12-,17+/m1/s1. The molecule has 1 aliphatic rings. The molecule has 0 radical (unpaired) electrons. The van der Waals surface area contributed by atoms with Crippen LogP contribution in [0.5, 0.6) is 0 Å². The molecule has 7 nitrogen and oxygen atoms in total. The lowest BCUT2D eigenvalue weighted by Crippen LogP contribution is -2.46. The van der Waals surface area contributed by atoms with Crippen molar-refractivity contribution in [3.63, 3.8) is 0 Å². The van der Waals surface area contributed by atoms with Gasteiger partial charge in [0.1, 0.15) is 6.04 Å². The average Bonchev–Trinajstić information content (AvgIpc) is 3.54. The Bertz CT molecular complexity index is 939. The van der Waals surface area contributed by atoms with E-state index < -0.39 is 12.0 Å². The van der Waals surface area contributed by atoms with Crippen LogP contribution in [0.4, 0.5) is 0 Å². The number of carbonyl (C=O) groups excluding carboxylic acids is 2. The zero-order chi connectivity index (χ0) is 20.3. The lowest BCUT2D eigenvalue weighted by atomic mass is 9.99. The van der Waals surface area contributed by atoms with E-state index in [-0.39, 0.29) is 29.2 Å². The van der Waals surface area contributed by atoms with Crippen LogP contribution in [-0.4, -0.2) is 40.3 Å². The van der Waals surface area contributed by atoms with Crippen LogP contribution in [0.25, 0.3) is 10.9 Å². The van der Waals surface area contributed by atoms with Gasteiger partial charge in [-0.05, 0) is 30.9 Å². The van der Waals surface area contributed by atoms with Crippen LogP contribution in [0.1, 0.15) is 39.2 Å². The first-order chi connectivity index (χ1) is 13.5.